The van der Waals surface area contributed by atoms with Crippen LogP contribution in [-0.2, 0) is 9.53 Å². The van der Waals surface area contributed by atoms with Crippen molar-refractivity contribution in [2.75, 3.05) is 46.9 Å². The van der Waals surface area contributed by atoms with Crippen LogP contribution in [0.4, 0.5) is 13.2 Å². The van der Waals surface area contributed by atoms with E-state index in [4.69, 9.17) is 4.74 Å². The third-order valence-electron chi connectivity index (χ3n) is 8.36. The number of carbonyl (C=O) groups is 1. The Morgan fingerprint density at radius 2 is 1.70 bits per heavy atom. The molecule has 2 heterocycles. The third kappa shape index (κ3) is 9.01. The lowest BCUT2D eigenvalue weighted by atomic mass is 9.86. The van der Waals surface area contributed by atoms with Gasteiger partial charge in [-0.15, -0.1) is 0 Å². The van der Waals surface area contributed by atoms with E-state index in [9.17, 15) is 18.0 Å². The zero-order chi connectivity index (χ0) is 26.4. The first-order chi connectivity index (χ1) is 17.7. The Kier molecular flexibility index (Phi) is 10.5. The molecule has 4 rings (SSSR count). The SMILES string of the molecule is CN(C)C1CCCC(NC2NC(OCC(F)(F)F)NC(N3CCN(C(=O)CC4CCCCC4)CC3)N2)C1. The van der Waals surface area contributed by atoms with E-state index < -0.39 is 25.4 Å². The number of carbonyl (C=O) groups excluding carboxylic acids is 1. The van der Waals surface area contributed by atoms with Crippen LogP contribution in [-0.4, -0.2) is 105 Å². The first-order valence-electron chi connectivity index (χ1n) is 14.1. The monoisotopic (exact) mass is 533 g/mol. The highest BCUT2D eigenvalue weighted by atomic mass is 19.4. The minimum atomic E-state index is -4.40. The topological polar surface area (TPSA) is 84.1 Å². The van der Waals surface area contributed by atoms with Crippen molar-refractivity contribution >= 4 is 5.91 Å². The van der Waals surface area contributed by atoms with Crippen LogP contribution in [0.2, 0.25) is 0 Å². The first kappa shape index (κ1) is 29.0. The summed E-state index contributed by atoms with van der Waals surface area (Å²) in [5.41, 5.74) is 0. The van der Waals surface area contributed by atoms with Gasteiger partial charge in [0.05, 0.1) is 0 Å². The maximum Gasteiger partial charge on any atom is 0.411 e. The van der Waals surface area contributed by atoms with Gasteiger partial charge in [-0.05, 0) is 52.1 Å². The van der Waals surface area contributed by atoms with Gasteiger partial charge >= 0.3 is 6.18 Å². The molecule has 0 aromatic carbocycles. The number of hydrogen-bond acceptors (Lipinski definition) is 8. The van der Waals surface area contributed by atoms with Gasteiger partial charge in [-0.25, -0.2) is 0 Å². The number of ether oxygens (including phenoxy) is 1. The van der Waals surface area contributed by atoms with Crippen molar-refractivity contribution in [1.82, 2.24) is 36.0 Å². The molecule has 12 heteroatoms. The molecule has 5 atom stereocenters. The summed E-state index contributed by atoms with van der Waals surface area (Å²) in [6.45, 7) is 1.21. The number of nitrogens with one attached hydrogen (secondary N) is 4. The first-order valence-corrected chi connectivity index (χ1v) is 14.1. The molecule has 2 saturated heterocycles. The van der Waals surface area contributed by atoms with Crippen LogP contribution in [0.3, 0.4) is 0 Å². The fourth-order valence-electron chi connectivity index (χ4n) is 6.19. The van der Waals surface area contributed by atoms with E-state index in [1.54, 1.807) is 0 Å². The van der Waals surface area contributed by atoms with Crippen molar-refractivity contribution < 1.29 is 22.7 Å². The molecular formula is C25H46F3N7O2. The summed E-state index contributed by atoms with van der Waals surface area (Å²) in [5.74, 6) is 0.744. The standard InChI is InChI=1S/C25H46F3N7O2/c1-33(2)20-10-6-9-19(16-20)29-22-30-23(32-24(31-22)37-17-25(26,27)28)35-13-11-34(12-14-35)21(36)15-18-7-4-3-5-8-18/h18-20,22-24,29-32H,3-17H2,1-2H3. The van der Waals surface area contributed by atoms with Gasteiger partial charge < -0.3 is 14.5 Å². The highest BCUT2D eigenvalue weighted by molar-refractivity contribution is 5.76. The molecule has 2 aliphatic carbocycles. The summed E-state index contributed by atoms with van der Waals surface area (Å²) in [5, 5.41) is 13.3. The number of nitrogens with zero attached hydrogens (tertiary/aromatic N) is 3. The Hall–Kier alpha value is -1.02. The molecule has 1 amide bonds. The minimum absolute atomic E-state index is 0.233. The fourth-order valence-corrected chi connectivity index (χ4v) is 6.19. The predicted molar refractivity (Wildman–Crippen MR) is 135 cm³/mol. The van der Waals surface area contributed by atoms with Crippen molar-refractivity contribution in [1.29, 1.82) is 0 Å². The maximum atomic E-state index is 12.9. The van der Waals surface area contributed by atoms with Crippen molar-refractivity contribution in [3.63, 3.8) is 0 Å². The second-order valence-corrected chi connectivity index (χ2v) is 11.4. The molecule has 214 valence electrons. The molecule has 4 fully saturated rings. The van der Waals surface area contributed by atoms with Gasteiger partial charge in [0.25, 0.3) is 0 Å². The fraction of sp³-hybridized carbons (Fsp3) is 0.960. The second kappa shape index (κ2) is 13.4. The van der Waals surface area contributed by atoms with Gasteiger partial charge in [0.1, 0.15) is 19.2 Å². The van der Waals surface area contributed by atoms with Crippen LogP contribution in [0.1, 0.15) is 64.2 Å². The number of hydrogen-bond donors (Lipinski definition) is 4. The van der Waals surface area contributed by atoms with E-state index in [0.717, 1.165) is 38.5 Å². The van der Waals surface area contributed by atoms with Crippen molar-refractivity contribution in [3.8, 4) is 0 Å². The van der Waals surface area contributed by atoms with E-state index in [0.29, 0.717) is 44.6 Å². The number of piperazine rings is 1. The molecule has 2 saturated carbocycles. The lowest BCUT2D eigenvalue weighted by molar-refractivity contribution is -0.202. The molecule has 0 spiro atoms. The van der Waals surface area contributed by atoms with Gasteiger partial charge in [0.15, 0.2) is 6.35 Å². The summed E-state index contributed by atoms with van der Waals surface area (Å²) < 4.78 is 43.8. The van der Waals surface area contributed by atoms with E-state index in [1.807, 2.05) is 4.90 Å². The molecule has 9 nitrogen and oxygen atoms in total. The van der Waals surface area contributed by atoms with Crippen LogP contribution in [0.25, 0.3) is 0 Å². The number of alkyl halides is 3. The van der Waals surface area contributed by atoms with E-state index >= 15 is 0 Å². The van der Waals surface area contributed by atoms with Crippen LogP contribution >= 0.6 is 0 Å². The molecule has 0 aromatic heterocycles. The Balaban J connectivity index is 1.31. The summed E-state index contributed by atoms with van der Waals surface area (Å²) in [4.78, 5) is 19.2. The average molecular weight is 534 g/mol. The second-order valence-electron chi connectivity index (χ2n) is 11.4. The summed E-state index contributed by atoms with van der Waals surface area (Å²) in [6.07, 6.45) is 4.81. The molecular weight excluding hydrogens is 487 g/mol. The lowest BCUT2D eigenvalue weighted by Crippen LogP contribution is -2.77. The summed E-state index contributed by atoms with van der Waals surface area (Å²) >= 11 is 0. The number of amides is 1. The summed E-state index contributed by atoms with van der Waals surface area (Å²) in [7, 11) is 4.18. The van der Waals surface area contributed by atoms with Crippen LogP contribution < -0.4 is 21.3 Å². The number of halogens is 3. The number of rotatable bonds is 8. The molecule has 0 bridgehead atoms. The maximum absolute atomic E-state index is 12.9. The van der Waals surface area contributed by atoms with Gasteiger partial charge in [0, 0.05) is 44.7 Å². The Labute approximate surface area is 219 Å². The highest BCUT2D eigenvalue weighted by Crippen LogP contribution is 2.27. The summed E-state index contributed by atoms with van der Waals surface area (Å²) in [6, 6.07) is 0.739. The highest BCUT2D eigenvalue weighted by Gasteiger charge is 2.37. The zero-order valence-electron chi connectivity index (χ0n) is 22.4. The van der Waals surface area contributed by atoms with Crippen LogP contribution in [0.5, 0.6) is 0 Å². The Morgan fingerprint density at radius 1 is 0.973 bits per heavy atom. The van der Waals surface area contributed by atoms with Crippen LogP contribution in [0, 0.1) is 5.92 Å². The van der Waals surface area contributed by atoms with E-state index in [1.165, 1.54) is 19.3 Å². The Morgan fingerprint density at radius 3 is 2.38 bits per heavy atom. The van der Waals surface area contributed by atoms with Crippen LogP contribution in [0.15, 0.2) is 0 Å². The minimum Gasteiger partial charge on any atom is -0.340 e. The van der Waals surface area contributed by atoms with Gasteiger partial charge in [0.2, 0.25) is 5.91 Å². The average Bonchev–Trinajstić information content (AvgIpc) is 2.88. The molecule has 37 heavy (non-hydrogen) atoms. The van der Waals surface area contributed by atoms with Gasteiger partial charge in [-0.1, -0.05) is 25.7 Å². The molecule has 0 radical (unpaired) electrons. The van der Waals surface area contributed by atoms with Crippen molar-refractivity contribution in [2.24, 2.45) is 5.92 Å². The molecule has 5 unspecified atom stereocenters. The Bertz CT molecular complexity index is 715. The zero-order valence-corrected chi connectivity index (χ0v) is 22.4. The predicted octanol–water partition coefficient (Wildman–Crippen LogP) is 1.78. The largest absolute Gasteiger partial charge is 0.411 e. The van der Waals surface area contributed by atoms with Crippen molar-refractivity contribution in [3.05, 3.63) is 0 Å². The normalized spacial score (nSPS) is 33.1. The molecule has 0 aromatic rings. The molecule has 2 aliphatic heterocycles. The van der Waals surface area contributed by atoms with Gasteiger partial charge in [-0.2, -0.15) is 13.2 Å². The smallest absolute Gasteiger partial charge is 0.340 e. The van der Waals surface area contributed by atoms with Gasteiger partial charge in [-0.3, -0.25) is 31.0 Å². The van der Waals surface area contributed by atoms with E-state index in [-0.39, 0.29) is 18.2 Å². The van der Waals surface area contributed by atoms with Crippen molar-refractivity contribution in [2.45, 2.75) is 101 Å². The molecule has 4 N–H and O–H groups in total. The third-order valence-corrected chi connectivity index (χ3v) is 8.36. The lowest BCUT2D eigenvalue weighted by Gasteiger charge is -2.47. The van der Waals surface area contributed by atoms with E-state index in [2.05, 4.69) is 45.2 Å². The quantitative estimate of drug-likeness (QED) is 0.376. The molecule has 4 aliphatic rings.